The van der Waals surface area contributed by atoms with Gasteiger partial charge in [0, 0.05) is 10.5 Å². The Balaban J connectivity index is 1.82. The summed E-state index contributed by atoms with van der Waals surface area (Å²) < 4.78 is 0. The van der Waals surface area contributed by atoms with Crippen molar-refractivity contribution in [2.45, 2.75) is 17.7 Å². The Bertz CT molecular complexity index is 552. The Morgan fingerprint density at radius 3 is 3.00 bits per heavy atom. The van der Waals surface area contributed by atoms with Crippen molar-refractivity contribution >= 4 is 29.1 Å². The molecule has 2 unspecified atom stereocenters. The number of fused-ring (bicyclic) bond motifs is 1. The number of ketones is 1. The Labute approximate surface area is 115 Å². The van der Waals surface area contributed by atoms with Crippen molar-refractivity contribution in [2.75, 3.05) is 0 Å². The van der Waals surface area contributed by atoms with Gasteiger partial charge >= 0.3 is 0 Å². The van der Waals surface area contributed by atoms with Gasteiger partial charge in [-0.15, -0.1) is 11.8 Å². The van der Waals surface area contributed by atoms with E-state index >= 15 is 0 Å². The summed E-state index contributed by atoms with van der Waals surface area (Å²) in [5.74, 6) is 0.127. The molecule has 2 atom stereocenters. The molecule has 0 bridgehead atoms. The fourth-order valence-corrected chi connectivity index (χ4v) is 3.81. The lowest BCUT2D eigenvalue weighted by Gasteiger charge is -2.13. The minimum Gasteiger partial charge on any atom is -0.384 e. The first kappa shape index (κ1) is 11.9. The number of benzene rings is 1. The van der Waals surface area contributed by atoms with Crippen molar-refractivity contribution < 1.29 is 4.79 Å². The molecule has 1 aromatic carbocycles. The standard InChI is InChI=1S/C14H12ClNOS/c15-10-5-2-1-4-9(10)14(17)13-8-11-12(18-13)6-3-7-16-11/h1-7,11,13,16H,8H2. The first-order chi connectivity index (χ1) is 8.75. The molecule has 1 N–H and O–H groups in total. The van der Waals surface area contributed by atoms with E-state index in [4.69, 9.17) is 11.6 Å². The lowest BCUT2D eigenvalue weighted by atomic mass is 10.0. The normalized spacial score (nSPS) is 25.3. The molecular formula is C14H12ClNOS. The highest BCUT2D eigenvalue weighted by atomic mass is 35.5. The van der Waals surface area contributed by atoms with Crippen LogP contribution in [0.1, 0.15) is 16.8 Å². The first-order valence-electron chi connectivity index (χ1n) is 5.84. The van der Waals surface area contributed by atoms with Crippen LogP contribution in [0.4, 0.5) is 0 Å². The molecule has 0 aromatic heterocycles. The Morgan fingerprint density at radius 1 is 1.39 bits per heavy atom. The number of hydrogen-bond donors (Lipinski definition) is 1. The molecule has 4 heteroatoms. The van der Waals surface area contributed by atoms with Crippen molar-refractivity contribution in [3.63, 3.8) is 0 Å². The SMILES string of the molecule is O=C(c1ccccc1Cl)C1CC2NC=CC=C2S1. The molecular weight excluding hydrogens is 266 g/mol. The van der Waals surface area contributed by atoms with E-state index in [1.807, 2.05) is 24.4 Å². The number of dihydropyridines is 1. The van der Waals surface area contributed by atoms with E-state index in [0.29, 0.717) is 10.6 Å². The maximum atomic E-state index is 12.4. The number of thioether (sulfide) groups is 1. The van der Waals surface area contributed by atoms with Crippen molar-refractivity contribution in [3.05, 3.63) is 58.1 Å². The van der Waals surface area contributed by atoms with Crippen molar-refractivity contribution in [3.8, 4) is 0 Å². The van der Waals surface area contributed by atoms with Gasteiger partial charge in [-0.1, -0.05) is 23.7 Å². The molecule has 3 rings (SSSR count). The average Bonchev–Trinajstić information content (AvgIpc) is 2.82. The van der Waals surface area contributed by atoms with E-state index in [-0.39, 0.29) is 17.1 Å². The quantitative estimate of drug-likeness (QED) is 0.840. The number of halogens is 1. The van der Waals surface area contributed by atoms with E-state index in [2.05, 4.69) is 11.4 Å². The summed E-state index contributed by atoms with van der Waals surface area (Å²) in [6.45, 7) is 0. The summed E-state index contributed by atoms with van der Waals surface area (Å²) in [7, 11) is 0. The van der Waals surface area contributed by atoms with Gasteiger partial charge in [0.25, 0.3) is 0 Å². The second-order valence-corrected chi connectivity index (χ2v) is 6.02. The van der Waals surface area contributed by atoms with Crippen molar-refractivity contribution in [1.29, 1.82) is 0 Å². The summed E-state index contributed by atoms with van der Waals surface area (Å²) in [5.41, 5.74) is 0.629. The van der Waals surface area contributed by atoms with E-state index in [0.717, 1.165) is 6.42 Å². The number of nitrogens with one attached hydrogen (secondary N) is 1. The monoisotopic (exact) mass is 277 g/mol. The fraction of sp³-hybridized carbons (Fsp3) is 0.214. The Morgan fingerprint density at radius 2 is 2.22 bits per heavy atom. The van der Waals surface area contributed by atoms with Crippen molar-refractivity contribution in [2.24, 2.45) is 0 Å². The van der Waals surface area contributed by atoms with Crippen LogP contribution in [-0.2, 0) is 0 Å². The highest BCUT2D eigenvalue weighted by Crippen LogP contribution is 2.40. The molecule has 0 aliphatic carbocycles. The predicted molar refractivity (Wildman–Crippen MR) is 75.9 cm³/mol. The minimum absolute atomic E-state index is 0.0338. The van der Waals surface area contributed by atoms with Gasteiger partial charge in [-0.2, -0.15) is 0 Å². The highest BCUT2D eigenvalue weighted by Gasteiger charge is 2.35. The van der Waals surface area contributed by atoms with Crippen molar-refractivity contribution in [1.82, 2.24) is 5.32 Å². The van der Waals surface area contributed by atoms with Crippen LogP contribution in [0.2, 0.25) is 5.02 Å². The third-order valence-corrected chi connectivity index (χ3v) is 4.87. The molecule has 1 saturated heterocycles. The second kappa shape index (κ2) is 4.82. The third-order valence-electron chi connectivity index (χ3n) is 3.16. The Hall–Kier alpha value is -1.19. The van der Waals surface area contributed by atoms with E-state index < -0.39 is 0 Å². The van der Waals surface area contributed by atoms with Gasteiger partial charge in [-0.05, 0) is 36.9 Å². The molecule has 0 spiro atoms. The molecule has 1 aromatic rings. The van der Waals surface area contributed by atoms with Gasteiger partial charge in [-0.3, -0.25) is 4.79 Å². The molecule has 2 aliphatic rings. The number of allylic oxidation sites excluding steroid dienone is 2. The number of rotatable bonds is 2. The van der Waals surface area contributed by atoms with Gasteiger partial charge in [0.05, 0.1) is 16.3 Å². The van der Waals surface area contributed by atoms with Gasteiger partial charge in [-0.25, -0.2) is 0 Å². The number of Topliss-reactive ketones (excluding diaryl/α,β-unsaturated/α-hetero) is 1. The molecule has 2 nitrogen and oxygen atoms in total. The smallest absolute Gasteiger partial charge is 0.177 e. The minimum atomic E-state index is -0.0338. The lowest BCUT2D eigenvalue weighted by molar-refractivity contribution is 0.0987. The lowest BCUT2D eigenvalue weighted by Crippen LogP contribution is -2.26. The molecule has 18 heavy (non-hydrogen) atoms. The number of hydrogen-bond acceptors (Lipinski definition) is 3. The fourth-order valence-electron chi connectivity index (χ4n) is 2.24. The molecule has 1 fully saturated rings. The Kier molecular flexibility index (Phi) is 3.18. The zero-order chi connectivity index (χ0) is 12.5. The van der Waals surface area contributed by atoms with Gasteiger partial charge in [0.1, 0.15) is 0 Å². The summed E-state index contributed by atoms with van der Waals surface area (Å²) in [4.78, 5) is 13.7. The zero-order valence-electron chi connectivity index (χ0n) is 9.60. The van der Waals surface area contributed by atoms with E-state index in [1.165, 1.54) is 4.91 Å². The van der Waals surface area contributed by atoms with Crippen LogP contribution in [0.25, 0.3) is 0 Å². The maximum Gasteiger partial charge on any atom is 0.177 e. The molecule has 0 radical (unpaired) electrons. The van der Waals surface area contributed by atoms with Crippen LogP contribution in [0.5, 0.6) is 0 Å². The van der Waals surface area contributed by atoms with E-state index in [1.54, 1.807) is 23.9 Å². The van der Waals surface area contributed by atoms with Crippen LogP contribution in [0.15, 0.2) is 47.5 Å². The summed E-state index contributed by atoms with van der Waals surface area (Å²) in [5, 5.41) is 3.78. The predicted octanol–water partition coefficient (Wildman–Crippen LogP) is 3.40. The largest absolute Gasteiger partial charge is 0.384 e. The van der Waals surface area contributed by atoms with Gasteiger partial charge in [0.15, 0.2) is 5.78 Å². The van der Waals surface area contributed by atoms with Crippen LogP contribution in [0, 0.1) is 0 Å². The summed E-state index contributed by atoms with van der Waals surface area (Å²) in [6, 6.07) is 7.55. The molecule has 0 amide bonds. The second-order valence-electron chi connectivity index (χ2n) is 4.33. The molecule has 0 saturated carbocycles. The molecule has 2 heterocycles. The number of carbonyl (C=O) groups excluding carboxylic acids is 1. The van der Waals surface area contributed by atoms with Crippen LogP contribution in [0.3, 0.4) is 0 Å². The first-order valence-corrected chi connectivity index (χ1v) is 7.09. The van der Waals surface area contributed by atoms with Gasteiger partial charge < -0.3 is 5.32 Å². The highest BCUT2D eigenvalue weighted by molar-refractivity contribution is 8.04. The topological polar surface area (TPSA) is 29.1 Å². The van der Waals surface area contributed by atoms with Crippen LogP contribution >= 0.6 is 23.4 Å². The average molecular weight is 278 g/mol. The summed E-state index contributed by atoms with van der Waals surface area (Å²) >= 11 is 7.72. The van der Waals surface area contributed by atoms with Crippen LogP contribution < -0.4 is 5.32 Å². The molecule has 2 aliphatic heterocycles. The number of carbonyl (C=O) groups is 1. The molecule has 92 valence electrons. The van der Waals surface area contributed by atoms with Crippen LogP contribution in [-0.4, -0.2) is 17.1 Å². The zero-order valence-corrected chi connectivity index (χ0v) is 11.2. The van der Waals surface area contributed by atoms with E-state index in [9.17, 15) is 4.79 Å². The third kappa shape index (κ3) is 2.08. The maximum absolute atomic E-state index is 12.4. The van der Waals surface area contributed by atoms with Gasteiger partial charge in [0.2, 0.25) is 0 Å². The summed E-state index contributed by atoms with van der Waals surface area (Å²) in [6.07, 6.45) is 6.80.